The molecule has 23 heavy (non-hydrogen) atoms. The van der Waals surface area contributed by atoms with Gasteiger partial charge >= 0.3 is 0 Å². The van der Waals surface area contributed by atoms with Crippen LogP contribution in [-0.2, 0) is 14.3 Å². The van der Waals surface area contributed by atoms with Gasteiger partial charge in [0.1, 0.15) is 5.76 Å². The Balaban J connectivity index is 1.96. The molecule has 1 aromatic rings. The highest BCUT2D eigenvalue weighted by molar-refractivity contribution is 5.94. The lowest BCUT2D eigenvalue weighted by Crippen LogP contribution is -2.51. The maximum Gasteiger partial charge on any atom is 0.245 e. The molecule has 0 radical (unpaired) electrons. The second kappa shape index (κ2) is 7.56. The SMILES string of the molecule is COCC1(C(=O)N(C)CC(=O)Nc2cc(C)on2)CCNCC1. The fraction of sp³-hybridized carbons (Fsp3) is 0.667. The van der Waals surface area contributed by atoms with Crippen molar-refractivity contribution < 1.29 is 18.8 Å². The van der Waals surface area contributed by atoms with Gasteiger partial charge in [0.2, 0.25) is 11.8 Å². The predicted octanol–water partition coefficient (Wildman–Crippen LogP) is 0.396. The van der Waals surface area contributed by atoms with Crippen LogP contribution in [0, 0.1) is 12.3 Å². The molecule has 0 spiro atoms. The van der Waals surface area contributed by atoms with Gasteiger partial charge in [0.25, 0.3) is 0 Å². The Hall–Kier alpha value is -1.93. The number of nitrogens with one attached hydrogen (secondary N) is 2. The molecule has 0 aromatic carbocycles. The van der Waals surface area contributed by atoms with E-state index in [0.29, 0.717) is 31.0 Å². The maximum absolute atomic E-state index is 12.8. The van der Waals surface area contributed by atoms with Crippen LogP contribution in [0.15, 0.2) is 10.6 Å². The summed E-state index contributed by atoms with van der Waals surface area (Å²) in [5.74, 6) is 0.586. The molecule has 2 N–H and O–H groups in total. The van der Waals surface area contributed by atoms with Crippen LogP contribution in [0.4, 0.5) is 5.82 Å². The highest BCUT2D eigenvalue weighted by atomic mass is 16.5. The summed E-state index contributed by atoms with van der Waals surface area (Å²) >= 11 is 0. The van der Waals surface area contributed by atoms with Crippen LogP contribution in [0.2, 0.25) is 0 Å². The van der Waals surface area contributed by atoms with E-state index >= 15 is 0 Å². The number of likely N-dealkylation sites (N-methyl/N-ethyl adjacent to an activating group) is 1. The second-order valence-corrected chi connectivity index (χ2v) is 6.00. The van der Waals surface area contributed by atoms with Crippen molar-refractivity contribution in [2.24, 2.45) is 5.41 Å². The molecular weight excluding hydrogens is 300 g/mol. The largest absolute Gasteiger partial charge is 0.384 e. The van der Waals surface area contributed by atoms with Gasteiger partial charge in [0.05, 0.1) is 18.6 Å². The Kier molecular flexibility index (Phi) is 5.73. The number of hydrogen-bond acceptors (Lipinski definition) is 6. The summed E-state index contributed by atoms with van der Waals surface area (Å²) in [5, 5.41) is 9.56. The molecule has 0 saturated carbocycles. The quantitative estimate of drug-likeness (QED) is 0.786. The van der Waals surface area contributed by atoms with Crippen LogP contribution in [-0.4, -0.2) is 62.3 Å². The van der Waals surface area contributed by atoms with Crippen LogP contribution in [0.1, 0.15) is 18.6 Å². The minimum absolute atomic E-state index is 0.0381. The van der Waals surface area contributed by atoms with E-state index in [0.717, 1.165) is 13.1 Å². The third-order valence-electron chi connectivity index (χ3n) is 4.06. The van der Waals surface area contributed by atoms with Crippen molar-refractivity contribution >= 4 is 17.6 Å². The topological polar surface area (TPSA) is 96.7 Å². The first-order valence-corrected chi connectivity index (χ1v) is 7.65. The van der Waals surface area contributed by atoms with Crippen molar-refractivity contribution in [3.05, 3.63) is 11.8 Å². The zero-order chi connectivity index (χ0) is 16.9. The van der Waals surface area contributed by atoms with Crippen LogP contribution in [0.3, 0.4) is 0 Å². The molecule has 2 rings (SSSR count). The first kappa shape index (κ1) is 17.4. The van der Waals surface area contributed by atoms with Crippen LogP contribution in [0.5, 0.6) is 0 Å². The molecular formula is C15H24N4O4. The number of amides is 2. The summed E-state index contributed by atoms with van der Waals surface area (Å²) in [6.45, 7) is 3.61. The molecule has 1 aliphatic heterocycles. The van der Waals surface area contributed by atoms with Crippen LogP contribution < -0.4 is 10.6 Å². The first-order valence-electron chi connectivity index (χ1n) is 7.65. The number of aryl methyl sites for hydroxylation is 1. The van der Waals surface area contributed by atoms with Gasteiger partial charge in [-0.3, -0.25) is 9.59 Å². The lowest BCUT2D eigenvalue weighted by molar-refractivity contribution is -0.147. The van der Waals surface area contributed by atoms with Crippen molar-refractivity contribution in [1.82, 2.24) is 15.4 Å². The molecule has 8 heteroatoms. The summed E-state index contributed by atoms with van der Waals surface area (Å²) in [6, 6.07) is 1.62. The van der Waals surface area contributed by atoms with Gasteiger partial charge in [-0.1, -0.05) is 5.16 Å². The average molecular weight is 324 g/mol. The molecule has 1 aliphatic rings. The number of methoxy groups -OCH3 is 1. The van der Waals surface area contributed by atoms with Gasteiger partial charge < -0.3 is 24.8 Å². The van der Waals surface area contributed by atoms with Gasteiger partial charge in [0.15, 0.2) is 5.82 Å². The molecule has 1 fully saturated rings. The summed E-state index contributed by atoms with van der Waals surface area (Å²) in [7, 11) is 3.23. The number of ether oxygens (including phenoxy) is 1. The van der Waals surface area contributed by atoms with Gasteiger partial charge in [-0.25, -0.2) is 0 Å². The zero-order valence-corrected chi connectivity index (χ0v) is 13.8. The molecule has 0 atom stereocenters. The molecule has 128 valence electrons. The molecule has 2 amide bonds. The number of carbonyl (C=O) groups is 2. The van der Waals surface area contributed by atoms with Gasteiger partial charge in [0, 0.05) is 20.2 Å². The third-order valence-corrected chi connectivity index (χ3v) is 4.06. The number of nitrogens with zero attached hydrogens (tertiary/aromatic N) is 2. The Morgan fingerprint density at radius 2 is 2.17 bits per heavy atom. The Morgan fingerprint density at radius 3 is 2.74 bits per heavy atom. The van der Waals surface area contributed by atoms with Crippen molar-refractivity contribution in [3.8, 4) is 0 Å². The molecule has 0 aliphatic carbocycles. The van der Waals surface area contributed by atoms with E-state index in [-0.39, 0.29) is 18.4 Å². The maximum atomic E-state index is 12.8. The lowest BCUT2D eigenvalue weighted by atomic mass is 9.78. The van der Waals surface area contributed by atoms with Crippen LogP contribution in [0.25, 0.3) is 0 Å². The van der Waals surface area contributed by atoms with E-state index in [1.54, 1.807) is 27.1 Å². The number of carbonyl (C=O) groups excluding carboxylic acids is 2. The zero-order valence-electron chi connectivity index (χ0n) is 13.8. The molecule has 1 saturated heterocycles. The van der Waals surface area contributed by atoms with E-state index in [1.165, 1.54) is 4.90 Å². The summed E-state index contributed by atoms with van der Waals surface area (Å²) in [5.41, 5.74) is -0.556. The third kappa shape index (κ3) is 4.29. The molecule has 8 nitrogen and oxygen atoms in total. The fourth-order valence-electron chi connectivity index (χ4n) is 2.90. The van der Waals surface area contributed by atoms with Crippen molar-refractivity contribution in [1.29, 1.82) is 0 Å². The summed E-state index contributed by atoms with van der Waals surface area (Å²) < 4.78 is 10.2. The summed E-state index contributed by atoms with van der Waals surface area (Å²) in [4.78, 5) is 26.3. The normalized spacial score (nSPS) is 16.8. The smallest absolute Gasteiger partial charge is 0.245 e. The number of piperidine rings is 1. The van der Waals surface area contributed by atoms with Gasteiger partial charge in [-0.15, -0.1) is 0 Å². The van der Waals surface area contributed by atoms with Crippen molar-refractivity contribution in [3.63, 3.8) is 0 Å². The summed E-state index contributed by atoms with van der Waals surface area (Å²) in [6.07, 6.45) is 1.40. The minimum atomic E-state index is -0.556. The first-order chi connectivity index (χ1) is 11.0. The Morgan fingerprint density at radius 1 is 1.48 bits per heavy atom. The minimum Gasteiger partial charge on any atom is -0.384 e. The number of aromatic nitrogens is 1. The van der Waals surface area contributed by atoms with E-state index in [1.807, 2.05) is 0 Å². The van der Waals surface area contributed by atoms with E-state index in [2.05, 4.69) is 15.8 Å². The predicted molar refractivity (Wildman–Crippen MR) is 83.9 cm³/mol. The molecule has 2 heterocycles. The Bertz CT molecular complexity index is 546. The van der Waals surface area contributed by atoms with E-state index in [9.17, 15) is 9.59 Å². The number of hydrogen-bond donors (Lipinski definition) is 2. The average Bonchev–Trinajstić information content (AvgIpc) is 2.92. The number of rotatable bonds is 6. The van der Waals surface area contributed by atoms with E-state index < -0.39 is 5.41 Å². The molecule has 0 unspecified atom stereocenters. The fourth-order valence-corrected chi connectivity index (χ4v) is 2.90. The van der Waals surface area contributed by atoms with Crippen molar-refractivity contribution in [2.75, 3.05) is 45.7 Å². The lowest BCUT2D eigenvalue weighted by Gasteiger charge is -2.38. The molecule has 0 bridgehead atoms. The Labute approximate surface area is 135 Å². The van der Waals surface area contributed by atoms with Gasteiger partial charge in [-0.05, 0) is 32.9 Å². The van der Waals surface area contributed by atoms with Gasteiger partial charge in [-0.2, -0.15) is 0 Å². The molecule has 1 aromatic heterocycles. The van der Waals surface area contributed by atoms with Crippen LogP contribution >= 0.6 is 0 Å². The standard InChI is InChI=1S/C15H24N4O4/c1-11-8-12(18-23-11)17-13(20)9-19(2)14(21)15(10-22-3)4-6-16-7-5-15/h8,16H,4-7,9-10H2,1-3H3,(H,17,18,20). The monoisotopic (exact) mass is 324 g/mol. The number of anilines is 1. The second-order valence-electron chi connectivity index (χ2n) is 6.00. The van der Waals surface area contributed by atoms with E-state index in [4.69, 9.17) is 9.26 Å². The highest BCUT2D eigenvalue weighted by Gasteiger charge is 2.41. The van der Waals surface area contributed by atoms with Crippen molar-refractivity contribution in [2.45, 2.75) is 19.8 Å². The highest BCUT2D eigenvalue weighted by Crippen LogP contribution is 2.31.